The molecule has 0 bridgehead atoms. The fraction of sp³-hybridized carbons (Fsp3) is 0.522. The van der Waals surface area contributed by atoms with Crippen molar-refractivity contribution in [3.63, 3.8) is 0 Å². The summed E-state index contributed by atoms with van der Waals surface area (Å²) >= 11 is 0. The average molecular weight is 410 g/mol. The minimum atomic E-state index is -0.490. The number of carbonyl (C=O) groups is 1. The number of phenols is 1. The van der Waals surface area contributed by atoms with Crippen LogP contribution in [0.25, 0.3) is 0 Å². The molecule has 7 nitrogen and oxygen atoms in total. The van der Waals surface area contributed by atoms with Gasteiger partial charge in [-0.3, -0.25) is 4.79 Å². The molecule has 160 valence electrons. The highest BCUT2D eigenvalue weighted by Gasteiger charge is 2.41. The van der Waals surface area contributed by atoms with Crippen molar-refractivity contribution in [2.24, 2.45) is 5.41 Å². The van der Waals surface area contributed by atoms with Crippen molar-refractivity contribution in [2.75, 3.05) is 35.3 Å². The fourth-order valence-electron chi connectivity index (χ4n) is 4.58. The molecule has 0 spiro atoms. The van der Waals surface area contributed by atoms with Crippen molar-refractivity contribution >= 4 is 23.4 Å². The van der Waals surface area contributed by atoms with Gasteiger partial charge in [-0.25, -0.2) is 4.98 Å². The number of anilines is 3. The molecule has 1 aliphatic heterocycles. The van der Waals surface area contributed by atoms with Gasteiger partial charge in [-0.2, -0.15) is 4.98 Å². The number of nitrogens with zero attached hydrogens (tertiary/aromatic N) is 4. The first-order valence-corrected chi connectivity index (χ1v) is 10.8. The van der Waals surface area contributed by atoms with Crippen LogP contribution in [0.15, 0.2) is 30.5 Å². The molecule has 2 aromatic rings. The van der Waals surface area contributed by atoms with Crippen molar-refractivity contribution in [3.05, 3.63) is 36.0 Å². The van der Waals surface area contributed by atoms with Crippen LogP contribution < -0.4 is 15.1 Å². The van der Waals surface area contributed by atoms with Crippen LogP contribution in [-0.4, -0.2) is 47.2 Å². The minimum absolute atomic E-state index is 0.0908. The Labute approximate surface area is 178 Å². The van der Waals surface area contributed by atoms with Gasteiger partial charge in [0.15, 0.2) is 5.82 Å². The first kappa shape index (κ1) is 20.4. The summed E-state index contributed by atoms with van der Waals surface area (Å²) in [7, 11) is 1.82. The molecule has 30 heavy (non-hydrogen) atoms. The predicted molar refractivity (Wildman–Crippen MR) is 119 cm³/mol. The number of para-hydroxylation sites is 1. The zero-order valence-electron chi connectivity index (χ0n) is 18.1. The van der Waals surface area contributed by atoms with E-state index in [1.807, 2.05) is 39.1 Å². The molecule has 2 aliphatic rings. The van der Waals surface area contributed by atoms with E-state index in [0.29, 0.717) is 37.3 Å². The van der Waals surface area contributed by atoms with Gasteiger partial charge in [0.1, 0.15) is 11.4 Å². The monoisotopic (exact) mass is 409 g/mol. The Morgan fingerprint density at radius 3 is 2.70 bits per heavy atom. The smallest absolute Gasteiger partial charge is 0.234 e. The molecule has 1 aliphatic carbocycles. The van der Waals surface area contributed by atoms with E-state index >= 15 is 0 Å². The fourth-order valence-corrected chi connectivity index (χ4v) is 4.58. The van der Waals surface area contributed by atoms with Crippen LogP contribution in [-0.2, 0) is 11.2 Å². The lowest BCUT2D eigenvalue weighted by Crippen LogP contribution is -2.45. The van der Waals surface area contributed by atoms with E-state index in [9.17, 15) is 9.90 Å². The molecule has 1 amide bonds. The van der Waals surface area contributed by atoms with Gasteiger partial charge >= 0.3 is 0 Å². The van der Waals surface area contributed by atoms with Gasteiger partial charge in [0.25, 0.3) is 0 Å². The summed E-state index contributed by atoms with van der Waals surface area (Å²) in [6, 6.07) is 7.76. The van der Waals surface area contributed by atoms with Crippen molar-refractivity contribution in [1.29, 1.82) is 0 Å². The number of hydrogen-bond acceptors (Lipinski definition) is 6. The van der Waals surface area contributed by atoms with E-state index in [4.69, 9.17) is 4.98 Å². The third-order valence-corrected chi connectivity index (χ3v) is 6.27. The van der Waals surface area contributed by atoms with E-state index < -0.39 is 5.41 Å². The SMILES string of the molecule is CN1C(=O)C(C)(C)CN(C2CCCC2)c2nc(NCCc3ccccc3O)ncc21. The number of fused-ring (bicyclic) bond motifs is 1. The lowest BCUT2D eigenvalue weighted by Gasteiger charge is -2.34. The molecule has 4 rings (SSSR count). The summed E-state index contributed by atoms with van der Waals surface area (Å²) in [5.41, 5.74) is 1.17. The molecule has 0 saturated heterocycles. The number of phenolic OH excluding ortho intramolecular Hbond substituents is 1. The molecule has 2 N–H and O–H groups in total. The maximum atomic E-state index is 13.0. The maximum Gasteiger partial charge on any atom is 0.234 e. The van der Waals surface area contributed by atoms with Gasteiger partial charge in [-0.05, 0) is 44.7 Å². The van der Waals surface area contributed by atoms with Crippen LogP contribution >= 0.6 is 0 Å². The number of benzene rings is 1. The largest absolute Gasteiger partial charge is 0.508 e. The van der Waals surface area contributed by atoms with Gasteiger partial charge in [0, 0.05) is 26.2 Å². The van der Waals surface area contributed by atoms with Gasteiger partial charge in [-0.15, -0.1) is 0 Å². The Bertz CT molecular complexity index is 924. The lowest BCUT2D eigenvalue weighted by molar-refractivity contribution is -0.125. The number of hydrogen-bond donors (Lipinski definition) is 2. The first-order chi connectivity index (χ1) is 14.4. The van der Waals surface area contributed by atoms with E-state index in [-0.39, 0.29) is 5.91 Å². The van der Waals surface area contributed by atoms with Crippen molar-refractivity contribution in [2.45, 2.75) is 52.0 Å². The lowest BCUT2D eigenvalue weighted by atomic mass is 9.91. The maximum absolute atomic E-state index is 13.0. The van der Waals surface area contributed by atoms with Crippen LogP contribution in [0.5, 0.6) is 5.75 Å². The number of aromatic hydroxyl groups is 1. The zero-order chi connectivity index (χ0) is 21.3. The van der Waals surface area contributed by atoms with Gasteiger partial charge in [0.05, 0.1) is 11.6 Å². The quantitative estimate of drug-likeness (QED) is 0.785. The number of amides is 1. The van der Waals surface area contributed by atoms with Gasteiger partial charge in [-0.1, -0.05) is 31.0 Å². The Morgan fingerprint density at radius 2 is 1.97 bits per heavy atom. The summed E-state index contributed by atoms with van der Waals surface area (Å²) in [4.78, 5) is 26.4. The second-order valence-corrected chi connectivity index (χ2v) is 9.02. The molecule has 0 unspecified atom stereocenters. The van der Waals surface area contributed by atoms with E-state index in [2.05, 4.69) is 15.2 Å². The third-order valence-electron chi connectivity index (χ3n) is 6.27. The molecule has 2 heterocycles. The van der Waals surface area contributed by atoms with Crippen molar-refractivity contribution in [3.8, 4) is 5.75 Å². The second kappa shape index (κ2) is 8.13. The molecule has 0 atom stereocenters. The number of rotatable bonds is 5. The van der Waals surface area contributed by atoms with Crippen molar-refractivity contribution < 1.29 is 9.90 Å². The van der Waals surface area contributed by atoms with Gasteiger partial charge in [0.2, 0.25) is 11.9 Å². The van der Waals surface area contributed by atoms with Crippen LogP contribution in [0, 0.1) is 5.41 Å². The Hall–Kier alpha value is -2.83. The molecule has 1 aromatic carbocycles. The molecule has 1 saturated carbocycles. The molecule has 7 heteroatoms. The molecule has 1 aromatic heterocycles. The van der Waals surface area contributed by atoms with Crippen molar-refractivity contribution in [1.82, 2.24) is 9.97 Å². The summed E-state index contributed by atoms with van der Waals surface area (Å²) in [6.45, 7) is 5.29. The number of aromatic nitrogens is 2. The van der Waals surface area contributed by atoms with E-state index in [1.54, 1.807) is 17.2 Å². The summed E-state index contributed by atoms with van der Waals surface area (Å²) in [6.07, 6.45) is 7.13. The third kappa shape index (κ3) is 3.93. The molecule has 0 radical (unpaired) electrons. The van der Waals surface area contributed by atoms with Gasteiger partial charge < -0.3 is 20.2 Å². The highest BCUT2D eigenvalue weighted by molar-refractivity contribution is 6.00. The molecular weight excluding hydrogens is 378 g/mol. The van der Waals surface area contributed by atoms with Crippen LogP contribution in [0.4, 0.5) is 17.5 Å². The van der Waals surface area contributed by atoms with E-state index in [0.717, 1.165) is 29.9 Å². The Kier molecular flexibility index (Phi) is 5.54. The molecular formula is C23H31N5O2. The topological polar surface area (TPSA) is 81.6 Å². The highest BCUT2D eigenvalue weighted by Crippen LogP contribution is 2.40. The second-order valence-electron chi connectivity index (χ2n) is 9.02. The van der Waals surface area contributed by atoms with Crippen LogP contribution in [0.3, 0.4) is 0 Å². The van der Waals surface area contributed by atoms with Crippen LogP contribution in [0.2, 0.25) is 0 Å². The standard InChI is InChI=1S/C23H31N5O2/c1-23(2)15-28(17-9-5-6-10-17)20-18(27(3)21(23)30)14-25-22(26-20)24-13-12-16-8-4-7-11-19(16)29/h4,7-8,11,14,17,29H,5-6,9-10,12-13,15H2,1-3H3,(H,24,25,26). The Balaban J connectivity index is 1.59. The predicted octanol–water partition coefficient (Wildman–Crippen LogP) is 3.59. The highest BCUT2D eigenvalue weighted by atomic mass is 16.3. The van der Waals surface area contributed by atoms with Crippen LogP contribution in [0.1, 0.15) is 45.1 Å². The summed E-state index contributed by atoms with van der Waals surface area (Å²) in [5.74, 6) is 1.78. The average Bonchev–Trinajstić information content (AvgIpc) is 3.25. The molecule has 1 fully saturated rings. The first-order valence-electron chi connectivity index (χ1n) is 10.8. The Morgan fingerprint density at radius 1 is 1.23 bits per heavy atom. The summed E-state index contributed by atoms with van der Waals surface area (Å²) in [5, 5.41) is 13.2. The normalized spacial score (nSPS) is 19.0. The minimum Gasteiger partial charge on any atom is -0.508 e. The summed E-state index contributed by atoms with van der Waals surface area (Å²) < 4.78 is 0. The zero-order valence-corrected chi connectivity index (χ0v) is 18.1. The number of carbonyl (C=O) groups excluding carboxylic acids is 1. The number of nitrogens with one attached hydrogen (secondary N) is 1. The van der Waals surface area contributed by atoms with E-state index in [1.165, 1.54) is 12.8 Å².